The Bertz CT molecular complexity index is 1550. The third-order valence-corrected chi connectivity index (χ3v) is 5.67. The summed E-state index contributed by atoms with van der Waals surface area (Å²) in [7, 11) is 0. The number of amides is 1. The van der Waals surface area contributed by atoms with Gasteiger partial charge in [-0.3, -0.25) is 14.8 Å². The van der Waals surface area contributed by atoms with Crippen molar-refractivity contribution in [3.63, 3.8) is 0 Å². The van der Waals surface area contributed by atoms with E-state index in [1.165, 1.54) is 0 Å². The number of fused-ring (bicyclic) bond motifs is 2. The van der Waals surface area contributed by atoms with Crippen molar-refractivity contribution >= 4 is 39.5 Å². The van der Waals surface area contributed by atoms with E-state index in [0.29, 0.717) is 34.5 Å². The molecule has 174 valence electrons. The van der Waals surface area contributed by atoms with Gasteiger partial charge in [0.15, 0.2) is 6.10 Å². The highest BCUT2D eigenvalue weighted by molar-refractivity contribution is 6.04. The molecule has 0 saturated heterocycles. The molecule has 1 unspecified atom stereocenters. The van der Waals surface area contributed by atoms with Gasteiger partial charge < -0.3 is 15.0 Å². The summed E-state index contributed by atoms with van der Waals surface area (Å²) in [6.07, 6.45) is 2.79. The molecule has 0 bridgehead atoms. The normalized spacial score (nSPS) is 11.9. The molecule has 5 aromatic rings. The minimum Gasteiger partial charge on any atom is -0.449 e. The van der Waals surface area contributed by atoms with Gasteiger partial charge >= 0.3 is 5.97 Å². The highest BCUT2D eigenvalue weighted by Crippen LogP contribution is 2.24. The van der Waals surface area contributed by atoms with Crippen LogP contribution in [0.4, 0.5) is 5.69 Å². The van der Waals surface area contributed by atoms with Gasteiger partial charge in [0.2, 0.25) is 0 Å². The number of carbonyl (C=O) groups excluding carboxylic acids is 2. The van der Waals surface area contributed by atoms with Crippen molar-refractivity contribution in [2.45, 2.75) is 26.4 Å². The summed E-state index contributed by atoms with van der Waals surface area (Å²) in [5, 5.41) is 3.73. The van der Waals surface area contributed by atoms with E-state index in [1.807, 2.05) is 43.3 Å². The number of H-pyrrole nitrogens is 1. The second-order valence-electron chi connectivity index (χ2n) is 8.18. The van der Waals surface area contributed by atoms with E-state index in [2.05, 4.69) is 25.3 Å². The number of nitrogens with one attached hydrogen (secondary N) is 2. The van der Waals surface area contributed by atoms with Crippen molar-refractivity contribution in [2.75, 3.05) is 5.32 Å². The molecule has 0 aliphatic heterocycles. The van der Waals surface area contributed by atoms with Gasteiger partial charge in [-0.1, -0.05) is 25.1 Å². The zero-order chi connectivity index (χ0) is 24.4. The summed E-state index contributed by atoms with van der Waals surface area (Å²) in [5.74, 6) is -0.315. The summed E-state index contributed by atoms with van der Waals surface area (Å²) in [4.78, 5) is 42.3. The van der Waals surface area contributed by atoms with E-state index in [1.54, 1.807) is 43.6 Å². The van der Waals surface area contributed by atoms with Crippen LogP contribution in [0.15, 0.2) is 73.1 Å². The molecular weight excluding hydrogens is 442 g/mol. The SMILES string of the molecule is CCC(OC(=O)c1ccc2nc(-c3cccnc3)[nH]c2c1)C(=O)Nc1cc(C)nc2ccccc12. The maximum atomic E-state index is 13.0. The third kappa shape index (κ3) is 4.59. The fraction of sp³-hybridized carbons (Fsp3) is 0.148. The Morgan fingerprint density at radius 2 is 1.89 bits per heavy atom. The Labute approximate surface area is 201 Å². The molecule has 0 spiro atoms. The van der Waals surface area contributed by atoms with Crippen LogP contribution in [0.25, 0.3) is 33.3 Å². The number of hydrogen-bond acceptors (Lipinski definition) is 6. The first-order valence-electron chi connectivity index (χ1n) is 11.3. The first kappa shape index (κ1) is 22.2. The molecule has 3 heterocycles. The van der Waals surface area contributed by atoms with Gasteiger partial charge in [0.25, 0.3) is 5.91 Å². The third-order valence-electron chi connectivity index (χ3n) is 5.67. The molecule has 2 N–H and O–H groups in total. The van der Waals surface area contributed by atoms with E-state index in [0.717, 1.165) is 22.2 Å². The number of benzene rings is 2. The van der Waals surface area contributed by atoms with Crippen molar-refractivity contribution in [3.05, 3.63) is 84.3 Å². The van der Waals surface area contributed by atoms with E-state index in [-0.39, 0.29) is 0 Å². The van der Waals surface area contributed by atoms with Crippen LogP contribution in [0.3, 0.4) is 0 Å². The number of aryl methyl sites for hydroxylation is 1. The number of aromatic nitrogens is 4. The maximum absolute atomic E-state index is 13.0. The Balaban J connectivity index is 1.34. The lowest BCUT2D eigenvalue weighted by Gasteiger charge is -2.17. The molecule has 8 nitrogen and oxygen atoms in total. The summed E-state index contributed by atoms with van der Waals surface area (Å²) in [6.45, 7) is 3.66. The Hall–Kier alpha value is -4.59. The van der Waals surface area contributed by atoms with Crippen molar-refractivity contribution in [1.82, 2.24) is 19.9 Å². The van der Waals surface area contributed by atoms with Gasteiger partial charge in [-0.25, -0.2) is 9.78 Å². The lowest BCUT2D eigenvalue weighted by Crippen LogP contribution is -2.32. The highest BCUT2D eigenvalue weighted by atomic mass is 16.5. The molecule has 1 atom stereocenters. The average Bonchev–Trinajstić information content (AvgIpc) is 3.31. The fourth-order valence-corrected chi connectivity index (χ4v) is 3.92. The number of imidazole rings is 1. The molecule has 2 aromatic carbocycles. The summed E-state index contributed by atoms with van der Waals surface area (Å²) >= 11 is 0. The van der Waals surface area contributed by atoms with Crippen LogP contribution in [0, 0.1) is 6.92 Å². The summed E-state index contributed by atoms with van der Waals surface area (Å²) in [5.41, 5.74) is 4.77. The van der Waals surface area contributed by atoms with Crippen LogP contribution < -0.4 is 5.32 Å². The van der Waals surface area contributed by atoms with Crippen LogP contribution in [0.2, 0.25) is 0 Å². The molecule has 3 aromatic heterocycles. The Kier molecular flexibility index (Phi) is 5.93. The number of carbonyl (C=O) groups is 2. The number of ether oxygens (including phenoxy) is 1. The van der Waals surface area contributed by atoms with Crippen LogP contribution >= 0.6 is 0 Å². The van der Waals surface area contributed by atoms with Gasteiger partial charge in [0.05, 0.1) is 27.8 Å². The van der Waals surface area contributed by atoms with Gasteiger partial charge in [-0.15, -0.1) is 0 Å². The molecular formula is C27H23N5O3. The predicted molar refractivity (Wildman–Crippen MR) is 134 cm³/mol. The quantitative estimate of drug-likeness (QED) is 0.339. The minimum atomic E-state index is -0.946. The zero-order valence-corrected chi connectivity index (χ0v) is 19.3. The van der Waals surface area contributed by atoms with Crippen LogP contribution in [0.5, 0.6) is 0 Å². The summed E-state index contributed by atoms with van der Waals surface area (Å²) < 4.78 is 5.59. The molecule has 0 aliphatic rings. The first-order chi connectivity index (χ1) is 17.0. The molecule has 0 fully saturated rings. The zero-order valence-electron chi connectivity index (χ0n) is 19.3. The van der Waals surface area contributed by atoms with E-state index < -0.39 is 18.0 Å². The first-order valence-corrected chi connectivity index (χ1v) is 11.3. The number of rotatable bonds is 6. The van der Waals surface area contributed by atoms with Gasteiger partial charge in [0, 0.05) is 29.0 Å². The topological polar surface area (TPSA) is 110 Å². The van der Waals surface area contributed by atoms with E-state index in [9.17, 15) is 9.59 Å². The van der Waals surface area contributed by atoms with Gasteiger partial charge in [-0.05, 0) is 55.8 Å². The second-order valence-corrected chi connectivity index (χ2v) is 8.18. The molecule has 35 heavy (non-hydrogen) atoms. The van der Waals surface area contributed by atoms with Crippen molar-refractivity contribution in [1.29, 1.82) is 0 Å². The number of esters is 1. The van der Waals surface area contributed by atoms with Crippen molar-refractivity contribution < 1.29 is 14.3 Å². The number of pyridine rings is 2. The summed E-state index contributed by atoms with van der Waals surface area (Å²) in [6, 6.07) is 18.2. The minimum absolute atomic E-state index is 0.329. The number of nitrogens with zero attached hydrogens (tertiary/aromatic N) is 3. The molecule has 1 amide bonds. The highest BCUT2D eigenvalue weighted by Gasteiger charge is 2.23. The largest absolute Gasteiger partial charge is 0.449 e. The second kappa shape index (κ2) is 9.34. The number of aromatic amines is 1. The number of para-hydroxylation sites is 1. The fourth-order valence-electron chi connectivity index (χ4n) is 3.92. The Morgan fingerprint density at radius 3 is 2.69 bits per heavy atom. The lowest BCUT2D eigenvalue weighted by molar-refractivity contribution is -0.124. The molecule has 5 rings (SSSR count). The monoisotopic (exact) mass is 465 g/mol. The van der Waals surface area contributed by atoms with Crippen molar-refractivity contribution in [3.8, 4) is 11.4 Å². The number of hydrogen-bond donors (Lipinski definition) is 2. The molecule has 8 heteroatoms. The Morgan fingerprint density at radius 1 is 1.03 bits per heavy atom. The molecule has 0 aliphatic carbocycles. The lowest BCUT2D eigenvalue weighted by atomic mass is 10.1. The van der Waals surface area contributed by atoms with E-state index >= 15 is 0 Å². The molecule has 0 saturated carbocycles. The maximum Gasteiger partial charge on any atom is 0.338 e. The molecule has 0 radical (unpaired) electrons. The van der Waals surface area contributed by atoms with E-state index in [4.69, 9.17) is 4.74 Å². The average molecular weight is 466 g/mol. The van der Waals surface area contributed by atoms with Crippen LogP contribution in [0.1, 0.15) is 29.4 Å². The standard InChI is InChI=1S/C27H23N5O3/c1-3-24(26(33)32-22-13-16(2)29-20-9-5-4-8-19(20)22)35-27(34)17-10-11-21-23(14-17)31-25(30-21)18-7-6-12-28-15-18/h4-15,24H,3H2,1-2H3,(H,30,31)(H,29,32,33). The number of anilines is 1. The van der Waals surface area contributed by atoms with Gasteiger partial charge in [-0.2, -0.15) is 0 Å². The van der Waals surface area contributed by atoms with Crippen molar-refractivity contribution in [2.24, 2.45) is 0 Å². The van der Waals surface area contributed by atoms with Gasteiger partial charge in [0.1, 0.15) is 5.82 Å². The van der Waals surface area contributed by atoms with Crippen LogP contribution in [-0.4, -0.2) is 37.9 Å². The smallest absolute Gasteiger partial charge is 0.338 e. The van der Waals surface area contributed by atoms with Crippen LogP contribution in [-0.2, 0) is 9.53 Å². The predicted octanol–water partition coefficient (Wildman–Crippen LogP) is 5.06.